The van der Waals surface area contributed by atoms with Crippen molar-refractivity contribution in [2.45, 2.75) is 302 Å². The second-order valence-electron chi connectivity index (χ2n) is 20.6. The number of hydrogen-bond donors (Lipinski definition) is 3. The van der Waals surface area contributed by atoms with Crippen LogP contribution in [0.3, 0.4) is 0 Å². The van der Waals surface area contributed by atoms with Gasteiger partial charge in [-0.3, -0.25) is 14.4 Å². The van der Waals surface area contributed by atoms with Crippen LogP contribution in [-0.2, 0) is 42.9 Å². The molecule has 0 saturated carbocycles. The number of hydrogen-bond acceptors (Lipinski definition) is 11. The molecule has 12 nitrogen and oxygen atoms in total. The molecular formula is C63H108O12. The standard InChI is InChI=1S/C63H108O12/c1-4-7-10-13-16-19-22-25-27-28-30-32-34-37-40-43-46-49-55(64)71-52-54(73-56(65)50-47-44-41-38-36-33-29-26-23-20-17-14-11-8-5-2)53-72-63-61(59(68)58(67)60(75-63)62(69)70)74-57(66)51-48-45-42-39-35-31-24-21-18-15-12-9-6-3/h8,11,17,20,25-27,29,36,38,54,58-61,63,67-68H,4-7,9-10,12-16,18-19,21-24,28,30-35,37,39-53H2,1-3H3,(H,69,70)/b11-8-,20-17-,27-25-,29-26-,38-36-. The van der Waals surface area contributed by atoms with Gasteiger partial charge in [0.15, 0.2) is 24.6 Å². The van der Waals surface area contributed by atoms with Gasteiger partial charge in [0.05, 0.1) is 6.61 Å². The molecule has 6 atom stereocenters. The summed E-state index contributed by atoms with van der Waals surface area (Å²) in [6.07, 6.45) is 50.5. The number of aliphatic carboxylic acids is 1. The highest BCUT2D eigenvalue weighted by atomic mass is 16.7. The zero-order chi connectivity index (χ0) is 54.7. The maximum atomic E-state index is 13.1. The largest absolute Gasteiger partial charge is 0.479 e. The van der Waals surface area contributed by atoms with Gasteiger partial charge >= 0.3 is 23.9 Å². The van der Waals surface area contributed by atoms with E-state index in [1.165, 1.54) is 116 Å². The molecule has 0 bridgehead atoms. The van der Waals surface area contributed by atoms with Crippen molar-refractivity contribution in [1.29, 1.82) is 0 Å². The normalized spacial score (nSPS) is 18.5. The van der Waals surface area contributed by atoms with Gasteiger partial charge in [-0.15, -0.1) is 0 Å². The van der Waals surface area contributed by atoms with E-state index in [9.17, 15) is 34.5 Å². The van der Waals surface area contributed by atoms with E-state index in [-0.39, 0.29) is 25.9 Å². The monoisotopic (exact) mass is 1060 g/mol. The number of esters is 3. The Labute approximate surface area is 456 Å². The predicted molar refractivity (Wildman–Crippen MR) is 303 cm³/mol. The highest BCUT2D eigenvalue weighted by Gasteiger charge is 2.50. The first-order valence-electron chi connectivity index (χ1n) is 30.3. The van der Waals surface area contributed by atoms with Crippen molar-refractivity contribution in [3.8, 4) is 0 Å². The quantitative estimate of drug-likeness (QED) is 0.0228. The molecule has 1 aliphatic rings. The van der Waals surface area contributed by atoms with Crippen LogP contribution in [0.25, 0.3) is 0 Å². The smallest absolute Gasteiger partial charge is 0.335 e. The molecule has 75 heavy (non-hydrogen) atoms. The fourth-order valence-corrected chi connectivity index (χ4v) is 8.94. The van der Waals surface area contributed by atoms with E-state index in [1.807, 2.05) is 0 Å². The van der Waals surface area contributed by atoms with Crippen molar-refractivity contribution in [2.75, 3.05) is 13.2 Å². The molecule has 0 aromatic carbocycles. The van der Waals surface area contributed by atoms with Gasteiger partial charge in [-0.25, -0.2) is 4.79 Å². The fourth-order valence-electron chi connectivity index (χ4n) is 8.94. The summed E-state index contributed by atoms with van der Waals surface area (Å²) in [5.74, 6) is -3.17. The third-order valence-corrected chi connectivity index (χ3v) is 13.6. The molecule has 6 unspecified atom stereocenters. The average molecular weight is 1060 g/mol. The van der Waals surface area contributed by atoms with Gasteiger partial charge in [0, 0.05) is 19.3 Å². The van der Waals surface area contributed by atoms with Crippen molar-refractivity contribution in [3.63, 3.8) is 0 Å². The molecule has 1 heterocycles. The van der Waals surface area contributed by atoms with Gasteiger partial charge < -0.3 is 39.0 Å². The summed E-state index contributed by atoms with van der Waals surface area (Å²) >= 11 is 0. The van der Waals surface area contributed by atoms with Gasteiger partial charge in [-0.05, 0) is 83.5 Å². The van der Waals surface area contributed by atoms with Crippen LogP contribution in [0, 0.1) is 0 Å². The summed E-state index contributed by atoms with van der Waals surface area (Å²) in [6.45, 7) is 5.85. The van der Waals surface area contributed by atoms with E-state index in [1.54, 1.807) is 0 Å². The Balaban J connectivity index is 2.71. The molecule has 0 aromatic rings. The minimum absolute atomic E-state index is 0.0574. The second kappa shape index (κ2) is 51.2. The summed E-state index contributed by atoms with van der Waals surface area (Å²) < 4.78 is 28.4. The van der Waals surface area contributed by atoms with Gasteiger partial charge in [0.25, 0.3) is 0 Å². The van der Waals surface area contributed by atoms with Crippen LogP contribution >= 0.6 is 0 Å². The van der Waals surface area contributed by atoms with E-state index >= 15 is 0 Å². The van der Waals surface area contributed by atoms with Crippen LogP contribution < -0.4 is 0 Å². The van der Waals surface area contributed by atoms with Crippen molar-refractivity contribution in [3.05, 3.63) is 60.8 Å². The third kappa shape index (κ3) is 41.2. The zero-order valence-corrected chi connectivity index (χ0v) is 47.5. The zero-order valence-electron chi connectivity index (χ0n) is 47.5. The summed E-state index contributed by atoms with van der Waals surface area (Å²) in [4.78, 5) is 51.1. The lowest BCUT2D eigenvalue weighted by Crippen LogP contribution is -2.61. The van der Waals surface area contributed by atoms with Crippen molar-refractivity contribution in [1.82, 2.24) is 0 Å². The van der Waals surface area contributed by atoms with E-state index in [2.05, 4.69) is 81.5 Å². The van der Waals surface area contributed by atoms with Gasteiger partial charge in [-0.2, -0.15) is 0 Å². The minimum atomic E-state index is -1.91. The number of carboxylic acids is 1. The summed E-state index contributed by atoms with van der Waals surface area (Å²) in [6, 6.07) is 0. The molecule has 0 aliphatic carbocycles. The molecule has 1 aliphatic heterocycles. The Hall–Kier alpha value is -3.58. The van der Waals surface area contributed by atoms with Crippen LogP contribution in [-0.4, -0.2) is 89.2 Å². The van der Waals surface area contributed by atoms with E-state index in [0.717, 1.165) is 89.9 Å². The Morgan fingerprint density at radius 3 is 1.32 bits per heavy atom. The number of carbonyl (C=O) groups excluding carboxylic acids is 3. The summed E-state index contributed by atoms with van der Waals surface area (Å²) in [5, 5.41) is 31.5. The number of rotatable bonds is 51. The first-order valence-corrected chi connectivity index (χ1v) is 30.3. The van der Waals surface area contributed by atoms with E-state index in [0.29, 0.717) is 19.3 Å². The topological polar surface area (TPSA) is 175 Å². The minimum Gasteiger partial charge on any atom is -0.479 e. The van der Waals surface area contributed by atoms with Crippen molar-refractivity contribution >= 4 is 23.9 Å². The van der Waals surface area contributed by atoms with Gasteiger partial charge in [0.1, 0.15) is 18.8 Å². The van der Waals surface area contributed by atoms with Gasteiger partial charge in [-0.1, -0.05) is 223 Å². The number of ether oxygens (including phenoxy) is 5. The van der Waals surface area contributed by atoms with Crippen LogP contribution in [0.5, 0.6) is 0 Å². The highest BCUT2D eigenvalue weighted by Crippen LogP contribution is 2.26. The molecule has 3 N–H and O–H groups in total. The van der Waals surface area contributed by atoms with Crippen molar-refractivity contribution in [2.24, 2.45) is 0 Å². The maximum Gasteiger partial charge on any atom is 0.335 e. The number of aliphatic hydroxyl groups excluding tert-OH is 2. The number of carbonyl (C=O) groups is 4. The van der Waals surface area contributed by atoms with Gasteiger partial charge in [0.2, 0.25) is 0 Å². The number of carboxylic acid groups (broad SMARTS) is 1. The molecule has 0 amide bonds. The molecule has 0 aromatic heterocycles. The lowest BCUT2D eigenvalue weighted by atomic mass is 9.98. The SMILES string of the molecule is CC/C=C\C/C=C\C/C=C\C/C=C\CCCCC(=O)OC(COC(=O)CCCCCCCCC/C=C\CCCCCCCC)COC1OC(C(=O)O)C(O)C(O)C1OC(=O)CCCCCCCCCCCCCCC. The maximum absolute atomic E-state index is 13.1. The van der Waals surface area contributed by atoms with Crippen LogP contribution in [0.4, 0.5) is 0 Å². The lowest BCUT2D eigenvalue weighted by Gasteiger charge is -2.40. The summed E-state index contributed by atoms with van der Waals surface area (Å²) in [7, 11) is 0. The third-order valence-electron chi connectivity index (χ3n) is 13.6. The Bertz CT molecular complexity index is 1540. The number of unbranched alkanes of at least 4 members (excludes halogenated alkanes) is 27. The molecule has 1 rings (SSSR count). The fraction of sp³-hybridized carbons (Fsp3) is 0.778. The van der Waals surface area contributed by atoms with E-state index < -0.39 is 67.3 Å². The van der Waals surface area contributed by atoms with Crippen LogP contribution in [0.1, 0.15) is 265 Å². The first kappa shape index (κ1) is 69.4. The van der Waals surface area contributed by atoms with Crippen LogP contribution in [0.15, 0.2) is 60.8 Å². The molecule has 12 heteroatoms. The molecule has 0 spiro atoms. The average Bonchev–Trinajstić information content (AvgIpc) is 3.39. The number of allylic oxidation sites excluding steroid dienone is 10. The highest BCUT2D eigenvalue weighted by molar-refractivity contribution is 5.74. The predicted octanol–water partition coefficient (Wildman–Crippen LogP) is 15.6. The second-order valence-corrected chi connectivity index (χ2v) is 20.6. The molecule has 0 radical (unpaired) electrons. The molecule has 432 valence electrons. The molecular weight excluding hydrogens is 949 g/mol. The Morgan fingerprint density at radius 2 is 0.840 bits per heavy atom. The summed E-state index contributed by atoms with van der Waals surface area (Å²) in [5.41, 5.74) is 0. The number of aliphatic hydroxyl groups is 2. The Kier molecular flexibility index (Phi) is 47.4. The van der Waals surface area contributed by atoms with E-state index in [4.69, 9.17) is 23.7 Å². The molecule has 1 saturated heterocycles. The lowest BCUT2D eigenvalue weighted by molar-refractivity contribution is -0.301. The Morgan fingerprint density at radius 1 is 0.453 bits per heavy atom. The molecule has 1 fully saturated rings. The van der Waals surface area contributed by atoms with Crippen molar-refractivity contribution < 1.29 is 58.2 Å². The van der Waals surface area contributed by atoms with Crippen LogP contribution in [0.2, 0.25) is 0 Å². The first-order chi connectivity index (χ1) is 36.6.